The van der Waals surface area contributed by atoms with Gasteiger partial charge in [0.05, 0.1) is 7.11 Å². The Kier molecular flexibility index (Phi) is 5.01. The molecule has 0 radical (unpaired) electrons. The molecule has 0 spiro atoms. The van der Waals surface area contributed by atoms with E-state index < -0.39 is 0 Å². The molecule has 0 saturated carbocycles. The van der Waals surface area contributed by atoms with Crippen molar-refractivity contribution in [1.82, 2.24) is 10.3 Å². The molecule has 5 heteroatoms. The molecule has 0 aliphatic heterocycles. The summed E-state index contributed by atoms with van der Waals surface area (Å²) in [6.45, 7) is 2.81. The number of methoxy groups -OCH3 is 1. The highest BCUT2D eigenvalue weighted by molar-refractivity contribution is 5.87. The first-order chi connectivity index (χ1) is 7.67. The molecule has 0 unspecified atom stereocenters. The van der Waals surface area contributed by atoms with E-state index in [4.69, 9.17) is 5.11 Å². The molecule has 1 atom stereocenters. The van der Waals surface area contributed by atoms with E-state index in [2.05, 4.69) is 15.0 Å². The highest BCUT2D eigenvalue weighted by Crippen LogP contribution is 2.03. The molecular formula is C11H18N2O3. The van der Waals surface area contributed by atoms with Crippen LogP contribution in [0.5, 0.6) is 0 Å². The molecule has 0 aromatic carbocycles. The van der Waals surface area contributed by atoms with E-state index in [-0.39, 0.29) is 18.6 Å². The zero-order valence-corrected chi connectivity index (χ0v) is 9.62. The number of esters is 1. The Labute approximate surface area is 94.8 Å². The third-order valence-electron chi connectivity index (χ3n) is 2.35. The Morgan fingerprint density at radius 1 is 1.62 bits per heavy atom. The Balaban J connectivity index is 2.43. The van der Waals surface area contributed by atoms with Crippen LogP contribution in [0.15, 0.2) is 12.1 Å². The predicted octanol–water partition coefficient (Wildman–Crippen LogP) is 0.662. The van der Waals surface area contributed by atoms with Crippen LogP contribution >= 0.6 is 0 Å². The Bertz CT molecular complexity index is 336. The summed E-state index contributed by atoms with van der Waals surface area (Å²) in [7, 11) is 1.35. The van der Waals surface area contributed by atoms with Gasteiger partial charge in [0, 0.05) is 24.9 Å². The van der Waals surface area contributed by atoms with Gasteiger partial charge >= 0.3 is 5.97 Å². The number of H-pyrrole nitrogens is 1. The molecule has 0 saturated heterocycles. The molecule has 0 bridgehead atoms. The first-order valence-electron chi connectivity index (χ1n) is 5.27. The number of hydrogen-bond acceptors (Lipinski definition) is 4. The van der Waals surface area contributed by atoms with Gasteiger partial charge in [-0.25, -0.2) is 4.79 Å². The number of aliphatic hydroxyl groups is 1. The second kappa shape index (κ2) is 6.30. The fourth-order valence-electron chi connectivity index (χ4n) is 1.35. The highest BCUT2D eigenvalue weighted by Gasteiger charge is 2.08. The van der Waals surface area contributed by atoms with Gasteiger partial charge in [-0.3, -0.25) is 0 Å². The Morgan fingerprint density at radius 3 is 3.00 bits per heavy atom. The van der Waals surface area contributed by atoms with Crippen molar-refractivity contribution >= 4 is 5.97 Å². The topological polar surface area (TPSA) is 74.3 Å². The molecule has 0 fully saturated rings. The van der Waals surface area contributed by atoms with E-state index >= 15 is 0 Å². The fourth-order valence-corrected chi connectivity index (χ4v) is 1.35. The Hall–Kier alpha value is -1.33. The standard InChI is InChI=1S/C11H18N2O3/c1-8(5-6-14)12-7-9-3-4-10(13-9)11(15)16-2/h3-4,8,12-14H,5-7H2,1-2H3/t8-/m1/s1. The molecule has 0 amide bonds. The van der Waals surface area contributed by atoms with Crippen LogP contribution < -0.4 is 5.32 Å². The van der Waals surface area contributed by atoms with Crippen molar-refractivity contribution in [2.24, 2.45) is 0 Å². The van der Waals surface area contributed by atoms with Crippen LogP contribution in [0.2, 0.25) is 0 Å². The van der Waals surface area contributed by atoms with Crippen LogP contribution in [-0.2, 0) is 11.3 Å². The van der Waals surface area contributed by atoms with Crippen molar-refractivity contribution in [3.8, 4) is 0 Å². The maximum absolute atomic E-state index is 11.2. The lowest BCUT2D eigenvalue weighted by atomic mass is 10.2. The quantitative estimate of drug-likeness (QED) is 0.623. The van der Waals surface area contributed by atoms with Gasteiger partial charge < -0.3 is 20.1 Å². The fraction of sp³-hybridized carbons (Fsp3) is 0.545. The molecule has 1 aromatic rings. The largest absolute Gasteiger partial charge is 0.464 e. The van der Waals surface area contributed by atoms with E-state index in [9.17, 15) is 4.79 Å². The third-order valence-corrected chi connectivity index (χ3v) is 2.35. The van der Waals surface area contributed by atoms with Gasteiger partial charge in [-0.2, -0.15) is 0 Å². The predicted molar refractivity (Wildman–Crippen MR) is 60.1 cm³/mol. The summed E-state index contributed by atoms with van der Waals surface area (Å²) in [5, 5.41) is 12.0. The zero-order chi connectivity index (χ0) is 12.0. The summed E-state index contributed by atoms with van der Waals surface area (Å²) in [4.78, 5) is 14.1. The number of hydrogen-bond donors (Lipinski definition) is 3. The molecular weight excluding hydrogens is 208 g/mol. The average Bonchev–Trinajstić information content (AvgIpc) is 2.74. The summed E-state index contributed by atoms with van der Waals surface area (Å²) >= 11 is 0. The highest BCUT2D eigenvalue weighted by atomic mass is 16.5. The number of rotatable bonds is 6. The van der Waals surface area contributed by atoms with E-state index in [1.165, 1.54) is 7.11 Å². The molecule has 0 aliphatic carbocycles. The smallest absolute Gasteiger partial charge is 0.354 e. The summed E-state index contributed by atoms with van der Waals surface area (Å²) in [6, 6.07) is 3.78. The molecule has 1 rings (SSSR count). The molecule has 3 N–H and O–H groups in total. The lowest BCUT2D eigenvalue weighted by Gasteiger charge is -2.10. The molecule has 16 heavy (non-hydrogen) atoms. The number of nitrogens with one attached hydrogen (secondary N) is 2. The average molecular weight is 226 g/mol. The summed E-state index contributed by atoms with van der Waals surface area (Å²) < 4.78 is 4.59. The van der Waals surface area contributed by atoms with Gasteiger partial charge in [-0.1, -0.05) is 0 Å². The number of ether oxygens (including phenoxy) is 1. The van der Waals surface area contributed by atoms with Gasteiger partial charge in [-0.05, 0) is 25.5 Å². The van der Waals surface area contributed by atoms with Gasteiger partial charge in [0.1, 0.15) is 5.69 Å². The summed E-state index contributed by atoms with van der Waals surface area (Å²) in [5.74, 6) is -0.366. The SMILES string of the molecule is COC(=O)c1ccc(CN[C@H](C)CCO)[nH]1. The number of aliphatic hydroxyl groups excluding tert-OH is 1. The van der Waals surface area contributed by atoms with Gasteiger partial charge in [0.15, 0.2) is 0 Å². The van der Waals surface area contributed by atoms with E-state index in [1.807, 2.05) is 13.0 Å². The molecule has 0 aliphatic rings. The van der Waals surface area contributed by atoms with Crippen LogP contribution in [0.4, 0.5) is 0 Å². The number of carbonyl (C=O) groups excluding carboxylic acids is 1. The molecule has 90 valence electrons. The molecule has 1 heterocycles. The molecule has 1 aromatic heterocycles. The minimum atomic E-state index is -0.366. The van der Waals surface area contributed by atoms with Crippen LogP contribution in [0.3, 0.4) is 0 Å². The van der Waals surface area contributed by atoms with E-state index in [0.717, 1.165) is 5.69 Å². The lowest BCUT2D eigenvalue weighted by Crippen LogP contribution is -2.26. The number of aromatic amines is 1. The summed E-state index contributed by atoms with van der Waals surface area (Å²) in [6.07, 6.45) is 0.713. The van der Waals surface area contributed by atoms with Crippen LogP contribution in [-0.4, -0.2) is 35.8 Å². The molecule has 5 nitrogen and oxygen atoms in total. The van der Waals surface area contributed by atoms with Crippen LogP contribution in [0, 0.1) is 0 Å². The number of aromatic nitrogens is 1. The normalized spacial score (nSPS) is 12.4. The maximum Gasteiger partial charge on any atom is 0.354 e. The van der Waals surface area contributed by atoms with Crippen LogP contribution in [0.1, 0.15) is 29.5 Å². The Morgan fingerprint density at radius 2 is 2.38 bits per heavy atom. The summed E-state index contributed by atoms with van der Waals surface area (Å²) in [5.41, 5.74) is 1.37. The minimum absolute atomic E-state index is 0.173. The van der Waals surface area contributed by atoms with Crippen molar-refractivity contribution in [2.75, 3.05) is 13.7 Å². The second-order valence-corrected chi connectivity index (χ2v) is 3.68. The van der Waals surface area contributed by atoms with Crippen molar-refractivity contribution in [2.45, 2.75) is 25.9 Å². The van der Waals surface area contributed by atoms with Gasteiger partial charge in [0.2, 0.25) is 0 Å². The number of carbonyl (C=O) groups is 1. The zero-order valence-electron chi connectivity index (χ0n) is 9.62. The monoisotopic (exact) mass is 226 g/mol. The van der Waals surface area contributed by atoms with Crippen molar-refractivity contribution in [1.29, 1.82) is 0 Å². The van der Waals surface area contributed by atoms with Gasteiger partial charge in [0.25, 0.3) is 0 Å². The first kappa shape index (κ1) is 12.7. The van der Waals surface area contributed by atoms with Crippen molar-refractivity contribution < 1.29 is 14.6 Å². The lowest BCUT2D eigenvalue weighted by molar-refractivity contribution is 0.0594. The third kappa shape index (κ3) is 3.67. The van der Waals surface area contributed by atoms with Crippen molar-refractivity contribution in [3.05, 3.63) is 23.5 Å². The van der Waals surface area contributed by atoms with E-state index in [0.29, 0.717) is 18.7 Å². The second-order valence-electron chi connectivity index (χ2n) is 3.68. The van der Waals surface area contributed by atoms with Crippen molar-refractivity contribution in [3.63, 3.8) is 0 Å². The van der Waals surface area contributed by atoms with Crippen LogP contribution in [0.25, 0.3) is 0 Å². The van der Waals surface area contributed by atoms with E-state index in [1.54, 1.807) is 6.07 Å². The maximum atomic E-state index is 11.2. The first-order valence-corrected chi connectivity index (χ1v) is 5.27. The van der Waals surface area contributed by atoms with Gasteiger partial charge in [-0.15, -0.1) is 0 Å². The minimum Gasteiger partial charge on any atom is -0.464 e.